The first-order chi connectivity index (χ1) is 20.4. The number of fused-ring (bicyclic) bond motifs is 1. The topological polar surface area (TPSA) is 139 Å². The number of anilines is 1. The number of hydrogen-bond acceptors (Lipinski definition) is 7. The zero-order valence-corrected chi connectivity index (χ0v) is 25.7. The predicted molar refractivity (Wildman–Crippen MR) is 169 cm³/mol. The number of imide groups is 1. The van der Waals surface area contributed by atoms with E-state index < -0.39 is 36.9 Å². The average molecular weight is 590 g/mol. The van der Waals surface area contributed by atoms with Gasteiger partial charge in [0.05, 0.1) is 30.2 Å². The Morgan fingerprint density at radius 1 is 1.07 bits per heavy atom. The summed E-state index contributed by atoms with van der Waals surface area (Å²) < 4.78 is 0. The normalized spacial score (nSPS) is 21.6. The summed E-state index contributed by atoms with van der Waals surface area (Å²) in [5, 5.41) is 51.7. The van der Waals surface area contributed by atoms with Gasteiger partial charge in [0.25, 0.3) is 0 Å². The molecule has 1 fully saturated rings. The molecule has 1 heterocycles. The zero-order valence-electron chi connectivity index (χ0n) is 25.7. The van der Waals surface area contributed by atoms with Crippen molar-refractivity contribution in [1.29, 1.82) is 0 Å². The highest BCUT2D eigenvalue weighted by molar-refractivity contribution is 6.58. The molecule has 4 rings (SSSR count). The van der Waals surface area contributed by atoms with Crippen LogP contribution in [-0.4, -0.2) is 57.0 Å². The van der Waals surface area contributed by atoms with Crippen molar-refractivity contribution in [3.05, 3.63) is 69.8 Å². The maximum Gasteiger partial charge on any atom is 0.488 e. The summed E-state index contributed by atoms with van der Waals surface area (Å²) in [6.07, 6.45) is 4.33. The second-order valence-corrected chi connectivity index (χ2v) is 12.4. The first-order valence-electron chi connectivity index (χ1n) is 15.2. The fourth-order valence-corrected chi connectivity index (χ4v) is 6.90. The molecule has 43 heavy (non-hydrogen) atoms. The molecule has 2 aliphatic rings. The molecule has 1 aliphatic heterocycles. The number of carbonyl (C=O) groups excluding carboxylic acids is 2. The Labute approximate surface area is 254 Å². The van der Waals surface area contributed by atoms with Crippen LogP contribution in [0.2, 0.25) is 0 Å². The highest BCUT2D eigenvalue weighted by Crippen LogP contribution is 2.48. The van der Waals surface area contributed by atoms with Gasteiger partial charge in [-0.2, -0.15) is 0 Å². The maximum absolute atomic E-state index is 13.8. The van der Waals surface area contributed by atoms with Crippen molar-refractivity contribution in [1.82, 2.24) is 0 Å². The fourth-order valence-electron chi connectivity index (χ4n) is 6.90. The van der Waals surface area contributed by atoms with Crippen molar-refractivity contribution in [2.75, 3.05) is 11.5 Å². The van der Waals surface area contributed by atoms with Gasteiger partial charge in [0, 0.05) is 5.92 Å². The largest absolute Gasteiger partial charge is 0.507 e. The SMILES string of the molecule is CCC/C(=C\c1cc(C)c(O)c(C)c1)CC[C@@H](O)C1=C(C(C)C)C[C@H]2C(=O)N(c3cccc(B(O)O)c3)C(=O)[C@H]2[C@H]1CO. The summed E-state index contributed by atoms with van der Waals surface area (Å²) in [6, 6.07) is 9.95. The van der Waals surface area contributed by atoms with Gasteiger partial charge in [0.2, 0.25) is 11.8 Å². The van der Waals surface area contributed by atoms with Gasteiger partial charge in [0.15, 0.2) is 0 Å². The fraction of sp³-hybridized carbons (Fsp3) is 0.471. The molecule has 230 valence electrons. The molecular weight excluding hydrogens is 545 g/mol. The third-order valence-electron chi connectivity index (χ3n) is 8.99. The van der Waals surface area contributed by atoms with Gasteiger partial charge in [-0.05, 0) is 97.4 Å². The third kappa shape index (κ3) is 6.65. The lowest BCUT2D eigenvalue weighted by molar-refractivity contribution is -0.123. The number of aliphatic hydroxyl groups is 2. The Bertz CT molecular complexity index is 1410. The van der Waals surface area contributed by atoms with Crippen LogP contribution in [0.25, 0.3) is 6.08 Å². The highest BCUT2D eigenvalue weighted by Gasteiger charge is 2.55. The zero-order chi connectivity index (χ0) is 31.6. The second kappa shape index (κ2) is 13.6. The summed E-state index contributed by atoms with van der Waals surface area (Å²) in [5.74, 6) is -2.73. The Balaban J connectivity index is 1.63. The first kappa shape index (κ1) is 32.7. The van der Waals surface area contributed by atoms with Crippen LogP contribution in [-0.2, 0) is 9.59 Å². The van der Waals surface area contributed by atoms with Crippen LogP contribution in [0.1, 0.15) is 69.6 Å². The lowest BCUT2D eigenvalue weighted by Gasteiger charge is -2.38. The number of allylic oxidation sites excluding steroid dienone is 2. The van der Waals surface area contributed by atoms with Gasteiger partial charge in [-0.25, -0.2) is 0 Å². The monoisotopic (exact) mass is 589 g/mol. The first-order valence-corrected chi connectivity index (χ1v) is 15.2. The summed E-state index contributed by atoms with van der Waals surface area (Å²) >= 11 is 0. The number of nitrogens with zero attached hydrogens (tertiary/aromatic N) is 1. The van der Waals surface area contributed by atoms with Crippen LogP contribution < -0.4 is 10.4 Å². The van der Waals surface area contributed by atoms with Crippen LogP contribution in [0, 0.1) is 37.5 Å². The number of hydrogen-bond donors (Lipinski definition) is 5. The number of aliphatic hydroxyl groups excluding tert-OH is 2. The number of benzene rings is 2. The molecule has 1 saturated heterocycles. The molecule has 9 heteroatoms. The lowest BCUT2D eigenvalue weighted by Crippen LogP contribution is -2.40. The van der Waals surface area contributed by atoms with Gasteiger partial charge >= 0.3 is 7.12 Å². The molecule has 2 aromatic carbocycles. The van der Waals surface area contributed by atoms with Crippen LogP contribution >= 0.6 is 0 Å². The standard InChI is InChI=1S/C34H44BNO7/c1-6-8-22(15-23-13-20(4)32(39)21(5)14-23)11-12-29(38)30-26(19(2)3)17-27-31(28(30)18-37)34(41)36(33(27)40)25-10-7-9-24(16-25)35(42)43/h7,9-10,13-16,19,27-29,31,37-39,42-43H,6,8,11-12,17-18H2,1-5H3/b22-15+/t27-,28+,29-,31-/m1/s1. The summed E-state index contributed by atoms with van der Waals surface area (Å²) in [6.45, 7) is 9.47. The molecule has 8 nitrogen and oxygen atoms in total. The minimum absolute atomic E-state index is 0.00179. The molecule has 0 aromatic heterocycles. The maximum atomic E-state index is 13.8. The molecule has 5 N–H and O–H groups in total. The Hall–Kier alpha value is -3.24. The molecule has 1 aliphatic carbocycles. The van der Waals surface area contributed by atoms with E-state index in [-0.39, 0.29) is 29.6 Å². The van der Waals surface area contributed by atoms with Crippen molar-refractivity contribution in [2.45, 2.75) is 72.8 Å². The Morgan fingerprint density at radius 2 is 1.74 bits per heavy atom. The molecule has 0 spiro atoms. The quantitative estimate of drug-likeness (QED) is 0.153. The van der Waals surface area contributed by atoms with Crippen molar-refractivity contribution >= 4 is 36.2 Å². The molecule has 0 saturated carbocycles. The van der Waals surface area contributed by atoms with E-state index in [1.54, 1.807) is 12.1 Å². The number of aromatic hydroxyl groups is 1. The smallest absolute Gasteiger partial charge is 0.488 e. The second-order valence-electron chi connectivity index (χ2n) is 12.4. The molecule has 0 radical (unpaired) electrons. The van der Waals surface area contributed by atoms with Crippen LogP contribution in [0.3, 0.4) is 0 Å². The van der Waals surface area contributed by atoms with E-state index in [1.165, 1.54) is 12.1 Å². The third-order valence-corrected chi connectivity index (χ3v) is 8.99. The van der Waals surface area contributed by atoms with E-state index in [9.17, 15) is 35.0 Å². The number of amides is 2. The van der Waals surface area contributed by atoms with E-state index in [0.29, 0.717) is 30.6 Å². The van der Waals surface area contributed by atoms with Gasteiger partial charge < -0.3 is 25.4 Å². The Kier molecular flexibility index (Phi) is 10.3. The molecule has 2 aromatic rings. The van der Waals surface area contributed by atoms with E-state index in [1.807, 2.05) is 39.8 Å². The summed E-state index contributed by atoms with van der Waals surface area (Å²) in [7, 11) is -1.75. The molecule has 4 atom stereocenters. The van der Waals surface area contributed by atoms with E-state index in [4.69, 9.17) is 0 Å². The molecular formula is C34H44BNO7. The van der Waals surface area contributed by atoms with Crippen molar-refractivity contribution in [3.63, 3.8) is 0 Å². The number of aryl methyl sites for hydroxylation is 2. The summed E-state index contributed by atoms with van der Waals surface area (Å²) in [5.41, 5.74) is 5.76. The van der Waals surface area contributed by atoms with E-state index in [2.05, 4.69) is 13.0 Å². The highest BCUT2D eigenvalue weighted by atomic mass is 16.4. The minimum atomic E-state index is -1.75. The Morgan fingerprint density at radius 3 is 2.33 bits per heavy atom. The number of phenolic OH excluding ortho intramolecular Hbond substituents is 1. The van der Waals surface area contributed by atoms with E-state index >= 15 is 0 Å². The van der Waals surface area contributed by atoms with Crippen LogP contribution in [0.4, 0.5) is 5.69 Å². The van der Waals surface area contributed by atoms with Gasteiger partial charge in [-0.15, -0.1) is 0 Å². The number of carbonyl (C=O) groups is 2. The predicted octanol–water partition coefficient (Wildman–Crippen LogP) is 3.78. The minimum Gasteiger partial charge on any atom is -0.507 e. The molecule has 0 bridgehead atoms. The molecule has 2 amide bonds. The van der Waals surface area contributed by atoms with Crippen molar-refractivity contribution < 1.29 is 35.0 Å². The summed E-state index contributed by atoms with van der Waals surface area (Å²) in [4.78, 5) is 28.6. The lowest BCUT2D eigenvalue weighted by atomic mass is 9.66. The average Bonchev–Trinajstić information content (AvgIpc) is 3.22. The van der Waals surface area contributed by atoms with Crippen LogP contribution in [0.5, 0.6) is 5.75 Å². The number of phenols is 1. The van der Waals surface area contributed by atoms with Gasteiger partial charge in [-0.3, -0.25) is 14.5 Å². The van der Waals surface area contributed by atoms with E-state index in [0.717, 1.165) is 45.6 Å². The number of rotatable bonds is 11. The van der Waals surface area contributed by atoms with Crippen LogP contribution in [0.15, 0.2) is 53.1 Å². The van der Waals surface area contributed by atoms with Crippen molar-refractivity contribution in [2.24, 2.45) is 23.7 Å². The molecule has 0 unspecified atom stereocenters. The van der Waals surface area contributed by atoms with Gasteiger partial charge in [0.1, 0.15) is 5.75 Å². The van der Waals surface area contributed by atoms with Gasteiger partial charge in [-0.1, -0.05) is 56.5 Å². The van der Waals surface area contributed by atoms with Crippen molar-refractivity contribution in [3.8, 4) is 5.75 Å².